The van der Waals surface area contributed by atoms with Crippen molar-refractivity contribution in [2.45, 2.75) is 13.5 Å². The number of ether oxygens (including phenoxy) is 1. The van der Waals surface area contributed by atoms with Gasteiger partial charge in [0.25, 0.3) is 0 Å². The first-order chi connectivity index (χ1) is 9.51. The highest BCUT2D eigenvalue weighted by molar-refractivity contribution is 6.43. The van der Waals surface area contributed by atoms with Crippen LogP contribution in [-0.4, -0.2) is 12.0 Å². The van der Waals surface area contributed by atoms with Crippen LogP contribution in [0.3, 0.4) is 0 Å². The molecule has 0 atom stereocenters. The van der Waals surface area contributed by atoms with E-state index >= 15 is 0 Å². The fourth-order valence-electron chi connectivity index (χ4n) is 1.68. The number of aryl methyl sites for hydroxylation is 1. The molecule has 0 amide bonds. The summed E-state index contributed by atoms with van der Waals surface area (Å²) in [7, 11) is 1.86. The first-order valence-electron chi connectivity index (χ1n) is 5.93. The summed E-state index contributed by atoms with van der Waals surface area (Å²) in [5.74, 6) is 1.15. The van der Waals surface area contributed by atoms with Gasteiger partial charge in [0.2, 0.25) is 0 Å². The summed E-state index contributed by atoms with van der Waals surface area (Å²) in [6, 6.07) is 5.02. The van der Waals surface area contributed by atoms with Crippen molar-refractivity contribution < 1.29 is 4.74 Å². The third kappa shape index (κ3) is 3.55. The van der Waals surface area contributed by atoms with Gasteiger partial charge in [0.15, 0.2) is 0 Å². The molecule has 2 aromatic rings. The van der Waals surface area contributed by atoms with Crippen molar-refractivity contribution >= 4 is 34.8 Å². The summed E-state index contributed by atoms with van der Waals surface area (Å²) in [4.78, 5) is 4.25. The molecule has 1 heterocycles. The Bertz CT molecular complexity index is 632. The number of nitrogens with one attached hydrogen (secondary N) is 1. The largest absolute Gasteiger partial charge is 0.455 e. The zero-order valence-electron chi connectivity index (χ0n) is 11.0. The van der Waals surface area contributed by atoms with E-state index in [1.807, 2.05) is 20.0 Å². The van der Waals surface area contributed by atoms with Crippen LogP contribution in [0.2, 0.25) is 15.1 Å². The molecule has 0 bridgehead atoms. The van der Waals surface area contributed by atoms with E-state index in [2.05, 4.69) is 10.3 Å². The number of halogens is 3. The highest BCUT2D eigenvalue weighted by Crippen LogP contribution is 2.37. The average molecular weight is 332 g/mol. The topological polar surface area (TPSA) is 34.2 Å². The molecule has 1 N–H and O–H groups in total. The fourth-order valence-corrected chi connectivity index (χ4v) is 2.26. The number of benzene rings is 1. The van der Waals surface area contributed by atoms with Crippen molar-refractivity contribution in [1.29, 1.82) is 0 Å². The number of aromatic nitrogens is 1. The van der Waals surface area contributed by atoms with Crippen LogP contribution in [0.25, 0.3) is 0 Å². The van der Waals surface area contributed by atoms with Gasteiger partial charge in [-0.1, -0.05) is 34.8 Å². The summed E-state index contributed by atoms with van der Waals surface area (Å²) in [5.41, 5.74) is 1.79. The Morgan fingerprint density at radius 3 is 2.45 bits per heavy atom. The lowest BCUT2D eigenvalue weighted by Crippen LogP contribution is -2.07. The quantitative estimate of drug-likeness (QED) is 0.812. The molecule has 0 saturated heterocycles. The van der Waals surface area contributed by atoms with E-state index in [4.69, 9.17) is 39.5 Å². The van der Waals surface area contributed by atoms with Gasteiger partial charge >= 0.3 is 0 Å². The molecule has 1 aromatic heterocycles. The van der Waals surface area contributed by atoms with Crippen LogP contribution < -0.4 is 10.1 Å². The van der Waals surface area contributed by atoms with Gasteiger partial charge in [0, 0.05) is 36.1 Å². The van der Waals surface area contributed by atoms with Crippen LogP contribution >= 0.6 is 34.8 Å². The number of hydrogen-bond acceptors (Lipinski definition) is 3. The zero-order valence-corrected chi connectivity index (χ0v) is 13.3. The fraction of sp³-hybridized carbons (Fsp3) is 0.214. The van der Waals surface area contributed by atoms with E-state index in [-0.39, 0.29) is 0 Å². The van der Waals surface area contributed by atoms with Crippen LogP contribution in [0.5, 0.6) is 11.5 Å². The van der Waals surface area contributed by atoms with Gasteiger partial charge in [0.1, 0.15) is 11.5 Å². The van der Waals surface area contributed by atoms with Gasteiger partial charge in [-0.2, -0.15) is 0 Å². The van der Waals surface area contributed by atoms with Gasteiger partial charge in [-0.3, -0.25) is 4.98 Å². The molecule has 106 valence electrons. The average Bonchev–Trinajstić information content (AvgIpc) is 2.39. The third-order valence-electron chi connectivity index (χ3n) is 2.64. The summed E-state index contributed by atoms with van der Waals surface area (Å²) in [6.07, 6.45) is 1.77. The summed E-state index contributed by atoms with van der Waals surface area (Å²) < 4.78 is 5.85. The minimum atomic E-state index is 0.394. The lowest BCUT2D eigenvalue weighted by Gasteiger charge is -2.13. The van der Waals surface area contributed by atoms with E-state index < -0.39 is 0 Å². The van der Waals surface area contributed by atoms with Crippen LogP contribution in [0, 0.1) is 6.92 Å². The first-order valence-corrected chi connectivity index (χ1v) is 7.07. The third-order valence-corrected chi connectivity index (χ3v) is 3.66. The number of hydrogen-bond donors (Lipinski definition) is 1. The summed E-state index contributed by atoms with van der Waals surface area (Å²) >= 11 is 18.0. The molecule has 0 aliphatic carbocycles. The Morgan fingerprint density at radius 1 is 1.05 bits per heavy atom. The van der Waals surface area contributed by atoms with Crippen molar-refractivity contribution in [3.8, 4) is 11.5 Å². The molecule has 1 aromatic carbocycles. The monoisotopic (exact) mass is 330 g/mol. The summed E-state index contributed by atoms with van der Waals surface area (Å²) in [5, 5.41) is 4.26. The number of rotatable bonds is 4. The minimum absolute atomic E-state index is 0.394. The van der Waals surface area contributed by atoms with E-state index in [1.165, 1.54) is 0 Å². The number of nitrogens with zero attached hydrogens (tertiary/aromatic N) is 1. The second-order valence-electron chi connectivity index (χ2n) is 4.26. The lowest BCUT2D eigenvalue weighted by molar-refractivity contribution is 0.473. The van der Waals surface area contributed by atoms with Gasteiger partial charge in [-0.25, -0.2) is 0 Å². The molecule has 0 unspecified atom stereocenters. The number of pyridine rings is 1. The minimum Gasteiger partial charge on any atom is -0.455 e. The van der Waals surface area contributed by atoms with Crippen molar-refractivity contribution in [3.05, 3.63) is 50.7 Å². The predicted octanol–water partition coefficient (Wildman–Crippen LogP) is 4.86. The Labute approximate surface area is 132 Å². The maximum atomic E-state index is 6.12. The van der Waals surface area contributed by atoms with Gasteiger partial charge in [-0.05, 0) is 20.0 Å². The molecule has 0 aliphatic heterocycles. The highest BCUT2D eigenvalue weighted by Gasteiger charge is 2.11. The van der Waals surface area contributed by atoms with Crippen molar-refractivity contribution in [2.75, 3.05) is 7.05 Å². The molecular formula is C14H13Cl3N2O. The predicted molar refractivity (Wildman–Crippen MR) is 83.3 cm³/mol. The molecular weight excluding hydrogens is 319 g/mol. The second-order valence-corrected chi connectivity index (χ2v) is 5.48. The van der Waals surface area contributed by atoms with Crippen LogP contribution in [0.4, 0.5) is 0 Å². The molecule has 20 heavy (non-hydrogen) atoms. The Kier molecular flexibility index (Phi) is 5.11. The van der Waals surface area contributed by atoms with E-state index in [1.54, 1.807) is 18.3 Å². The molecule has 0 radical (unpaired) electrons. The van der Waals surface area contributed by atoms with Gasteiger partial charge in [0.05, 0.1) is 15.1 Å². The first kappa shape index (κ1) is 15.4. The Balaban J connectivity index is 2.38. The second kappa shape index (κ2) is 6.64. The zero-order chi connectivity index (χ0) is 14.7. The maximum Gasteiger partial charge on any atom is 0.147 e. The molecule has 0 aliphatic rings. The summed E-state index contributed by atoms with van der Waals surface area (Å²) in [6.45, 7) is 2.54. The SMILES string of the molecule is CNCc1cnc(C)cc1Oc1cc(Cl)c(Cl)cc1Cl. The smallest absolute Gasteiger partial charge is 0.147 e. The molecule has 0 spiro atoms. The molecule has 6 heteroatoms. The highest BCUT2D eigenvalue weighted by atomic mass is 35.5. The molecule has 0 saturated carbocycles. The van der Waals surface area contributed by atoms with Crippen molar-refractivity contribution in [3.63, 3.8) is 0 Å². The van der Waals surface area contributed by atoms with E-state index in [0.29, 0.717) is 33.1 Å². The normalized spacial score (nSPS) is 10.7. The Hall–Kier alpha value is -1.000. The Morgan fingerprint density at radius 2 is 1.75 bits per heavy atom. The van der Waals surface area contributed by atoms with Crippen LogP contribution in [-0.2, 0) is 6.54 Å². The maximum absolute atomic E-state index is 6.12. The van der Waals surface area contributed by atoms with E-state index in [0.717, 1.165) is 11.3 Å². The van der Waals surface area contributed by atoms with Crippen LogP contribution in [0.1, 0.15) is 11.3 Å². The van der Waals surface area contributed by atoms with Gasteiger partial charge in [-0.15, -0.1) is 0 Å². The van der Waals surface area contributed by atoms with E-state index in [9.17, 15) is 0 Å². The van der Waals surface area contributed by atoms with Crippen molar-refractivity contribution in [2.24, 2.45) is 0 Å². The van der Waals surface area contributed by atoms with Crippen molar-refractivity contribution in [1.82, 2.24) is 10.3 Å². The lowest BCUT2D eigenvalue weighted by atomic mass is 10.2. The van der Waals surface area contributed by atoms with Crippen LogP contribution in [0.15, 0.2) is 24.4 Å². The standard InChI is InChI=1S/C14H13Cl3N2O/c1-8-3-13(9(6-18-2)7-19-8)20-14-5-11(16)10(15)4-12(14)17/h3-5,7,18H,6H2,1-2H3. The molecule has 3 nitrogen and oxygen atoms in total. The van der Waals surface area contributed by atoms with Gasteiger partial charge < -0.3 is 10.1 Å². The molecule has 0 fully saturated rings. The molecule has 2 rings (SSSR count).